The molecule has 0 spiro atoms. The van der Waals surface area contributed by atoms with E-state index >= 15 is 0 Å². The molecular formula is C22H29N5O4. The van der Waals surface area contributed by atoms with Crippen LogP contribution in [0.25, 0.3) is 0 Å². The molecule has 2 aliphatic heterocycles. The predicted molar refractivity (Wildman–Crippen MR) is 112 cm³/mol. The van der Waals surface area contributed by atoms with E-state index in [1.54, 1.807) is 6.20 Å². The fourth-order valence-corrected chi connectivity index (χ4v) is 4.05. The lowest BCUT2D eigenvalue weighted by Crippen LogP contribution is -2.40. The van der Waals surface area contributed by atoms with E-state index in [4.69, 9.17) is 9.26 Å². The first-order valence-electron chi connectivity index (χ1n) is 11.1. The van der Waals surface area contributed by atoms with Crippen LogP contribution in [0, 0.1) is 0 Å². The third kappa shape index (κ3) is 5.28. The van der Waals surface area contributed by atoms with Crippen molar-refractivity contribution in [1.29, 1.82) is 0 Å². The van der Waals surface area contributed by atoms with Crippen molar-refractivity contribution in [3.8, 4) is 0 Å². The fraction of sp³-hybridized carbons (Fsp3) is 0.591. The van der Waals surface area contributed by atoms with E-state index in [0.29, 0.717) is 75.4 Å². The van der Waals surface area contributed by atoms with Gasteiger partial charge in [-0.3, -0.25) is 14.6 Å². The van der Waals surface area contributed by atoms with E-state index in [0.717, 1.165) is 25.0 Å². The maximum atomic E-state index is 12.6. The zero-order valence-corrected chi connectivity index (χ0v) is 18.0. The van der Waals surface area contributed by atoms with Gasteiger partial charge in [-0.1, -0.05) is 12.1 Å². The summed E-state index contributed by atoms with van der Waals surface area (Å²) in [6.07, 6.45) is 5.01. The molecule has 2 fully saturated rings. The van der Waals surface area contributed by atoms with Crippen molar-refractivity contribution in [3.63, 3.8) is 0 Å². The number of amides is 2. The van der Waals surface area contributed by atoms with Gasteiger partial charge in [0, 0.05) is 63.3 Å². The number of piperidine rings is 1. The summed E-state index contributed by atoms with van der Waals surface area (Å²) in [5, 5.41) is 3.86. The van der Waals surface area contributed by atoms with Crippen LogP contribution in [0.3, 0.4) is 0 Å². The zero-order chi connectivity index (χ0) is 21.6. The first kappa shape index (κ1) is 21.4. The van der Waals surface area contributed by atoms with Crippen LogP contribution >= 0.6 is 0 Å². The maximum Gasteiger partial charge on any atom is 0.255 e. The first-order chi connectivity index (χ1) is 15.1. The predicted octanol–water partition coefficient (Wildman–Crippen LogP) is 1.84. The minimum absolute atomic E-state index is 0.00932. The van der Waals surface area contributed by atoms with Gasteiger partial charge >= 0.3 is 0 Å². The van der Waals surface area contributed by atoms with Crippen LogP contribution in [0.15, 0.2) is 22.9 Å². The average Bonchev–Trinajstić information content (AvgIpc) is 3.31. The van der Waals surface area contributed by atoms with E-state index in [2.05, 4.69) is 15.1 Å². The van der Waals surface area contributed by atoms with Crippen molar-refractivity contribution >= 4 is 11.8 Å². The normalized spacial score (nSPS) is 17.7. The molecule has 2 saturated heterocycles. The third-order valence-corrected chi connectivity index (χ3v) is 5.98. The van der Waals surface area contributed by atoms with E-state index < -0.39 is 0 Å². The molecule has 0 bridgehead atoms. The summed E-state index contributed by atoms with van der Waals surface area (Å²) in [7, 11) is 0. The minimum atomic E-state index is 0.00932. The molecule has 166 valence electrons. The number of ether oxygens (including phenoxy) is 1. The van der Waals surface area contributed by atoms with E-state index in [-0.39, 0.29) is 11.8 Å². The van der Waals surface area contributed by atoms with Crippen LogP contribution in [0.2, 0.25) is 0 Å². The highest BCUT2D eigenvalue weighted by molar-refractivity contribution is 5.94. The maximum absolute atomic E-state index is 12.6. The number of carbonyl (C=O) groups excluding carboxylic acids is 2. The summed E-state index contributed by atoms with van der Waals surface area (Å²) < 4.78 is 10.5. The highest BCUT2D eigenvalue weighted by Crippen LogP contribution is 2.27. The number of aromatic nitrogens is 3. The quantitative estimate of drug-likeness (QED) is 0.693. The second-order valence-corrected chi connectivity index (χ2v) is 7.99. The number of pyridine rings is 1. The molecule has 9 heteroatoms. The van der Waals surface area contributed by atoms with Gasteiger partial charge in [-0.15, -0.1) is 0 Å². The van der Waals surface area contributed by atoms with Gasteiger partial charge in [0.05, 0.1) is 18.8 Å². The van der Waals surface area contributed by atoms with Crippen LogP contribution < -0.4 is 0 Å². The second kappa shape index (κ2) is 10.00. The standard InChI is InChI=1S/C22H29N5O4/c1-2-19-24-20(31-25-19)5-6-21(28)26-9-7-16(8-10-26)18-4-3-17(15-23-18)22(29)27-11-13-30-14-12-27/h3-4,15-16H,2,5-14H2,1H3. The first-order valence-corrected chi connectivity index (χ1v) is 11.1. The van der Waals surface area contributed by atoms with Crippen molar-refractivity contribution in [2.45, 2.75) is 44.9 Å². The van der Waals surface area contributed by atoms with E-state index in [1.165, 1.54) is 0 Å². The molecule has 9 nitrogen and oxygen atoms in total. The lowest BCUT2D eigenvalue weighted by Gasteiger charge is -2.32. The molecule has 0 radical (unpaired) electrons. The molecule has 4 heterocycles. The van der Waals surface area contributed by atoms with Gasteiger partial charge in [-0.05, 0) is 25.0 Å². The van der Waals surface area contributed by atoms with Crippen LogP contribution in [0.5, 0.6) is 0 Å². The number of carbonyl (C=O) groups is 2. The van der Waals surface area contributed by atoms with Gasteiger partial charge in [-0.2, -0.15) is 4.98 Å². The number of aryl methyl sites for hydroxylation is 2. The van der Waals surface area contributed by atoms with Crippen LogP contribution in [0.1, 0.15) is 59.9 Å². The zero-order valence-electron chi connectivity index (χ0n) is 18.0. The summed E-state index contributed by atoms with van der Waals surface area (Å²) in [6.45, 7) is 5.81. The van der Waals surface area contributed by atoms with Crippen LogP contribution in [-0.2, 0) is 22.4 Å². The number of morpholine rings is 1. The van der Waals surface area contributed by atoms with Gasteiger partial charge in [0.15, 0.2) is 5.82 Å². The van der Waals surface area contributed by atoms with Crippen LogP contribution in [-0.4, -0.2) is 76.1 Å². The smallest absolute Gasteiger partial charge is 0.255 e. The van der Waals surface area contributed by atoms with Crippen LogP contribution in [0.4, 0.5) is 0 Å². The summed E-state index contributed by atoms with van der Waals surface area (Å²) in [5.74, 6) is 1.63. The van der Waals surface area contributed by atoms with Gasteiger partial charge in [0.2, 0.25) is 11.8 Å². The van der Waals surface area contributed by atoms with Gasteiger partial charge < -0.3 is 19.1 Å². The molecule has 0 saturated carbocycles. The Bertz CT molecular complexity index is 884. The Morgan fingerprint density at radius 1 is 1.10 bits per heavy atom. The molecule has 0 atom stereocenters. The molecule has 2 aromatic heterocycles. The molecule has 0 unspecified atom stereocenters. The third-order valence-electron chi connectivity index (χ3n) is 5.98. The molecule has 2 amide bonds. The van der Waals surface area contributed by atoms with E-state index in [9.17, 15) is 9.59 Å². The van der Waals surface area contributed by atoms with Crippen molar-refractivity contribution in [3.05, 3.63) is 41.3 Å². The van der Waals surface area contributed by atoms with E-state index in [1.807, 2.05) is 28.9 Å². The Labute approximate surface area is 181 Å². The lowest BCUT2D eigenvalue weighted by molar-refractivity contribution is -0.132. The number of likely N-dealkylation sites (tertiary alicyclic amines) is 1. The molecule has 0 aliphatic carbocycles. The number of hydrogen-bond donors (Lipinski definition) is 0. The summed E-state index contributed by atoms with van der Waals surface area (Å²) in [6, 6.07) is 3.82. The average molecular weight is 428 g/mol. The Morgan fingerprint density at radius 2 is 1.87 bits per heavy atom. The highest BCUT2D eigenvalue weighted by atomic mass is 16.5. The molecule has 2 aliphatic rings. The summed E-state index contributed by atoms with van der Waals surface area (Å²) in [4.78, 5) is 37.6. The minimum Gasteiger partial charge on any atom is -0.378 e. The number of hydrogen-bond acceptors (Lipinski definition) is 7. The molecule has 0 aromatic carbocycles. The van der Waals surface area contributed by atoms with Crippen molar-refractivity contribution in [2.24, 2.45) is 0 Å². The van der Waals surface area contributed by atoms with Crippen molar-refractivity contribution < 1.29 is 18.8 Å². The summed E-state index contributed by atoms with van der Waals surface area (Å²) in [5.41, 5.74) is 1.61. The largest absolute Gasteiger partial charge is 0.378 e. The number of rotatable bonds is 6. The Kier molecular flexibility index (Phi) is 6.91. The molecule has 4 rings (SSSR count). The highest BCUT2D eigenvalue weighted by Gasteiger charge is 2.25. The van der Waals surface area contributed by atoms with Gasteiger partial charge in [-0.25, -0.2) is 0 Å². The lowest BCUT2D eigenvalue weighted by atomic mass is 9.92. The van der Waals surface area contributed by atoms with Gasteiger partial charge in [0.25, 0.3) is 5.91 Å². The molecule has 0 N–H and O–H groups in total. The fourth-order valence-electron chi connectivity index (χ4n) is 4.05. The second-order valence-electron chi connectivity index (χ2n) is 7.99. The summed E-state index contributed by atoms with van der Waals surface area (Å²) >= 11 is 0. The molecule has 31 heavy (non-hydrogen) atoms. The Balaban J connectivity index is 1.25. The Hall–Kier alpha value is -2.81. The SMILES string of the molecule is CCc1noc(CCC(=O)N2CCC(c3ccc(C(=O)N4CCOCC4)cn3)CC2)n1. The number of nitrogens with zero attached hydrogens (tertiary/aromatic N) is 5. The Morgan fingerprint density at radius 3 is 2.52 bits per heavy atom. The van der Waals surface area contributed by atoms with Gasteiger partial charge in [0.1, 0.15) is 0 Å². The molecule has 2 aromatic rings. The topological polar surface area (TPSA) is 102 Å². The monoisotopic (exact) mass is 427 g/mol. The van der Waals surface area contributed by atoms with Crippen molar-refractivity contribution in [1.82, 2.24) is 24.9 Å². The van der Waals surface area contributed by atoms with Crippen molar-refractivity contribution in [2.75, 3.05) is 39.4 Å². The molecular weight excluding hydrogens is 398 g/mol.